The second kappa shape index (κ2) is 12.2. The van der Waals surface area contributed by atoms with Crippen LogP contribution in [0.25, 0.3) is 27.8 Å². The molecule has 1 unspecified atom stereocenters. The maximum atomic E-state index is 13.4. The average molecular weight is 630 g/mol. The highest BCUT2D eigenvalue weighted by Gasteiger charge is 2.22. The van der Waals surface area contributed by atoms with E-state index in [1.165, 1.54) is 17.1 Å². The molecular weight excluding hydrogens is 603 g/mol. The van der Waals surface area contributed by atoms with Crippen LogP contribution in [0.1, 0.15) is 39.8 Å². The minimum atomic E-state index is -1.08. The van der Waals surface area contributed by atoms with Crippen LogP contribution in [0.3, 0.4) is 0 Å². The number of H-pyrrole nitrogens is 2. The normalized spacial score (nSPS) is 12.0. The van der Waals surface area contributed by atoms with Crippen LogP contribution in [0.2, 0.25) is 10.2 Å². The number of benzene rings is 3. The summed E-state index contributed by atoms with van der Waals surface area (Å²) < 4.78 is 1.46. The van der Waals surface area contributed by atoms with Gasteiger partial charge in [0.25, 0.3) is 0 Å². The number of nitrogens with zero attached hydrogens (tertiary/aromatic N) is 4. The van der Waals surface area contributed by atoms with E-state index >= 15 is 0 Å². The van der Waals surface area contributed by atoms with Gasteiger partial charge in [0, 0.05) is 28.6 Å². The molecule has 13 heteroatoms. The van der Waals surface area contributed by atoms with Crippen LogP contribution in [0.15, 0.2) is 79.1 Å². The monoisotopic (exact) mass is 628 g/mol. The van der Waals surface area contributed by atoms with Crippen molar-refractivity contribution in [1.29, 1.82) is 0 Å². The molecule has 6 N–H and O–H groups in total. The molecule has 0 bridgehead atoms. The summed E-state index contributed by atoms with van der Waals surface area (Å²) in [6.07, 6.45) is 3.62. The van der Waals surface area contributed by atoms with Crippen molar-refractivity contribution in [2.45, 2.75) is 25.3 Å². The fourth-order valence-electron chi connectivity index (χ4n) is 5.04. The molecular formula is C31H26Cl2N8O3. The van der Waals surface area contributed by atoms with E-state index in [1.807, 2.05) is 48.5 Å². The Hall–Kier alpha value is -5.13. The highest BCUT2D eigenvalue weighted by molar-refractivity contribution is 6.32. The summed E-state index contributed by atoms with van der Waals surface area (Å²) >= 11 is 12.9. The second-order valence-electron chi connectivity index (χ2n) is 10.2. The molecule has 11 nitrogen and oxygen atoms in total. The van der Waals surface area contributed by atoms with E-state index in [4.69, 9.17) is 33.9 Å². The van der Waals surface area contributed by atoms with Gasteiger partial charge in [0.2, 0.25) is 5.91 Å². The van der Waals surface area contributed by atoms with E-state index in [0.717, 1.165) is 27.6 Å². The number of aromatic amines is 2. The predicted octanol–water partition coefficient (Wildman–Crippen LogP) is 5.76. The molecule has 6 rings (SSSR count). The van der Waals surface area contributed by atoms with E-state index in [9.17, 15) is 14.7 Å². The van der Waals surface area contributed by atoms with E-state index in [0.29, 0.717) is 46.0 Å². The fraction of sp³-hybridized carbons (Fsp3) is 0.129. The van der Waals surface area contributed by atoms with Gasteiger partial charge >= 0.3 is 5.97 Å². The number of nitrogens with two attached hydrogens (primary N) is 1. The van der Waals surface area contributed by atoms with E-state index < -0.39 is 12.0 Å². The number of nitrogens with one attached hydrogen (secondary N) is 3. The van der Waals surface area contributed by atoms with Crippen LogP contribution < -0.4 is 11.1 Å². The summed E-state index contributed by atoms with van der Waals surface area (Å²) in [7, 11) is 0. The first kappa shape index (κ1) is 29.0. The Bertz CT molecular complexity index is 1980. The van der Waals surface area contributed by atoms with Crippen molar-refractivity contribution in [1.82, 2.24) is 35.3 Å². The summed E-state index contributed by atoms with van der Waals surface area (Å²) in [5, 5.41) is 25.2. The van der Waals surface area contributed by atoms with Crippen molar-refractivity contribution in [2.75, 3.05) is 5.73 Å². The first-order valence-corrected chi connectivity index (χ1v) is 14.4. The third-order valence-electron chi connectivity index (χ3n) is 7.23. The highest BCUT2D eigenvalue weighted by Crippen LogP contribution is 2.31. The lowest BCUT2D eigenvalue weighted by Crippen LogP contribution is -2.31. The molecule has 3 aromatic heterocycles. The number of amides is 1. The Morgan fingerprint density at radius 1 is 1.07 bits per heavy atom. The number of aromatic carboxylic acids is 1. The van der Waals surface area contributed by atoms with Gasteiger partial charge < -0.3 is 21.1 Å². The Morgan fingerprint density at radius 2 is 1.89 bits per heavy atom. The molecule has 222 valence electrons. The summed E-state index contributed by atoms with van der Waals surface area (Å²) in [4.78, 5) is 32.7. The van der Waals surface area contributed by atoms with Crippen molar-refractivity contribution < 1.29 is 14.7 Å². The summed E-state index contributed by atoms with van der Waals surface area (Å²) in [6.45, 7) is 0. The van der Waals surface area contributed by atoms with Crippen LogP contribution in [0.4, 0.5) is 5.82 Å². The number of carbonyl (C=O) groups is 2. The highest BCUT2D eigenvalue weighted by atomic mass is 35.5. The number of fused-ring (bicyclic) bond motifs is 1. The van der Waals surface area contributed by atoms with Crippen LogP contribution in [0, 0.1) is 0 Å². The molecule has 44 heavy (non-hydrogen) atoms. The Morgan fingerprint density at radius 3 is 2.66 bits per heavy atom. The number of aryl methyl sites for hydroxylation is 1. The van der Waals surface area contributed by atoms with E-state index in [-0.39, 0.29) is 17.9 Å². The first-order valence-electron chi connectivity index (χ1n) is 13.6. The maximum Gasteiger partial charge on any atom is 0.338 e. The molecule has 3 aromatic carbocycles. The van der Waals surface area contributed by atoms with Gasteiger partial charge in [-0.15, -0.1) is 0 Å². The van der Waals surface area contributed by atoms with Crippen molar-refractivity contribution >= 4 is 51.8 Å². The van der Waals surface area contributed by atoms with Crippen molar-refractivity contribution in [3.63, 3.8) is 0 Å². The number of rotatable bonds is 10. The average Bonchev–Trinajstić information content (AvgIpc) is 3.75. The number of carboxylic acids is 1. The molecule has 0 spiro atoms. The molecule has 0 aliphatic carbocycles. The molecule has 0 fully saturated rings. The molecule has 6 aromatic rings. The zero-order valence-electron chi connectivity index (χ0n) is 23.1. The Labute approximate surface area is 261 Å². The van der Waals surface area contributed by atoms with Crippen molar-refractivity contribution in [3.8, 4) is 16.9 Å². The van der Waals surface area contributed by atoms with Crippen molar-refractivity contribution in [2.24, 2.45) is 0 Å². The van der Waals surface area contributed by atoms with Gasteiger partial charge in [0.1, 0.15) is 16.7 Å². The van der Waals surface area contributed by atoms with Gasteiger partial charge in [-0.1, -0.05) is 59.6 Å². The number of nitrogen functional groups attached to an aromatic ring is 1. The standard InChI is InChI=1S/C31H26Cl2N8O3/c32-21-8-10-25(41-16-20(15-35-41)31(43)44)18(13-21)7-11-26(42)36-24(12-17-4-2-1-3-5-17)30-37-27(28(33)38-30)19-6-9-22-23(14-19)39-40-29(22)34/h1-6,8-10,13-16,24H,7,11-12H2,(H,36,42)(H,37,38)(H,43,44)(H3,34,39,40). The molecule has 0 radical (unpaired) electrons. The lowest BCUT2D eigenvalue weighted by Gasteiger charge is -2.17. The minimum absolute atomic E-state index is 0.0532. The molecule has 1 amide bonds. The molecule has 0 aliphatic heterocycles. The number of carboxylic acid groups (broad SMARTS) is 1. The quantitative estimate of drug-likeness (QED) is 0.128. The third-order valence-corrected chi connectivity index (χ3v) is 7.74. The van der Waals surface area contributed by atoms with Crippen LogP contribution >= 0.6 is 23.2 Å². The summed E-state index contributed by atoms with van der Waals surface area (Å²) in [6, 6.07) is 20.0. The number of halogens is 2. The maximum absolute atomic E-state index is 13.4. The number of hydrogen-bond donors (Lipinski definition) is 5. The van der Waals surface area contributed by atoms with E-state index in [2.05, 4.69) is 25.6 Å². The van der Waals surface area contributed by atoms with Crippen molar-refractivity contribution in [3.05, 3.63) is 112 Å². The zero-order valence-corrected chi connectivity index (χ0v) is 24.6. The van der Waals surface area contributed by atoms with E-state index in [1.54, 1.807) is 18.2 Å². The zero-order chi connectivity index (χ0) is 30.8. The van der Waals surface area contributed by atoms with Gasteiger partial charge in [0.15, 0.2) is 5.82 Å². The fourth-order valence-corrected chi connectivity index (χ4v) is 5.48. The third kappa shape index (κ3) is 6.14. The number of anilines is 1. The largest absolute Gasteiger partial charge is 0.478 e. The molecule has 0 aliphatic rings. The predicted molar refractivity (Wildman–Crippen MR) is 168 cm³/mol. The van der Waals surface area contributed by atoms with Gasteiger partial charge in [-0.25, -0.2) is 14.5 Å². The van der Waals surface area contributed by atoms with Crippen LogP contribution in [-0.4, -0.2) is 46.9 Å². The van der Waals surface area contributed by atoms with Gasteiger partial charge in [-0.05, 0) is 54.3 Å². The topological polar surface area (TPSA) is 168 Å². The number of aromatic nitrogens is 6. The minimum Gasteiger partial charge on any atom is -0.478 e. The Balaban J connectivity index is 1.24. The van der Waals surface area contributed by atoms with Gasteiger partial charge in [-0.2, -0.15) is 10.2 Å². The number of carbonyl (C=O) groups excluding carboxylic acids is 1. The lowest BCUT2D eigenvalue weighted by atomic mass is 10.0. The van der Waals surface area contributed by atoms with Crippen LogP contribution in [-0.2, 0) is 17.6 Å². The molecule has 0 saturated heterocycles. The number of imidazole rings is 1. The summed E-state index contributed by atoms with van der Waals surface area (Å²) in [5.41, 5.74) is 10.4. The molecule has 0 saturated carbocycles. The van der Waals surface area contributed by atoms with Crippen LogP contribution in [0.5, 0.6) is 0 Å². The van der Waals surface area contributed by atoms with Gasteiger partial charge in [0.05, 0.1) is 29.0 Å². The van der Waals surface area contributed by atoms with Gasteiger partial charge in [-0.3, -0.25) is 9.89 Å². The smallest absolute Gasteiger partial charge is 0.338 e. The Kier molecular flexibility index (Phi) is 8.05. The summed E-state index contributed by atoms with van der Waals surface area (Å²) in [5.74, 6) is -0.381. The molecule has 3 heterocycles. The molecule has 1 atom stereocenters. The lowest BCUT2D eigenvalue weighted by molar-refractivity contribution is -0.121. The second-order valence-corrected chi connectivity index (χ2v) is 11.0. The first-order chi connectivity index (χ1) is 21.2. The SMILES string of the molecule is Nc1n[nH]c2cc(-c3nc(C(Cc4ccccc4)NC(=O)CCc4cc(Cl)ccc4-n4cc(C(=O)O)cn4)[nH]c3Cl)ccc12. The number of hydrogen-bond acceptors (Lipinski definition) is 6.